The van der Waals surface area contributed by atoms with E-state index in [1.807, 2.05) is 0 Å². The molecule has 0 bridgehead atoms. The van der Waals surface area contributed by atoms with Gasteiger partial charge >= 0.3 is 12.0 Å². The summed E-state index contributed by atoms with van der Waals surface area (Å²) in [6.45, 7) is 4.72. The van der Waals surface area contributed by atoms with E-state index in [-0.39, 0.29) is 24.5 Å². The van der Waals surface area contributed by atoms with Gasteiger partial charge in [-0.15, -0.1) is 0 Å². The number of hydrogen-bond donors (Lipinski definition) is 2. The molecule has 104 valence electrons. The summed E-state index contributed by atoms with van der Waals surface area (Å²) in [6, 6.07) is 0.0997. The van der Waals surface area contributed by atoms with Crippen LogP contribution in [0.2, 0.25) is 0 Å². The monoisotopic (exact) mass is 256 g/mol. The summed E-state index contributed by atoms with van der Waals surface area (Å²) in [7, 11) is 0. The Morgan fingerprint density at radius 3 is 2.50 bits per heavy atom. The minimum atomic E-state index is -0.274. The Morgan fingerprint density at radius 2 is 1.89 bits per heavy atom. The minimum absolute atomic E-state index is 0.182. The number of carbonyl (C=O) groups excluding carboxylic acids is 2. The molecule has 0 unspecified atom stereocenters. The summed E-state index contributed by atoms with van der Waals surface area (Å²) in [5.41, 5.74) is 0. The maximum Gasteiger partial charge on any atom is 0.315 e. The zero-order valence-corrected chi connectivity index (χ0v) is 11.3. The Labute approximate surface area is 109 Å². The van der Waals surface area contributed by atoms with Crippen molar-refractivity contribution in [3.63, 3.8) is 0 Å². The number of ether oxygens (including phenoxy) is 1. The van der Waals surface area contributed by atoms with Crippen molar-refractivity contribution in [3.05, 3.63) is 0 Å². The van der Waals surface area contributed by atoms with Crippen LogP contribution in [0, 0.1) is 5.92 Å². The van der Waals surface area contributed by atoms with Gasteiger partial charge in [0.25, 0.3) is 0 Å². The Morgan fingerprint density at radius 1 is 1.22 bits per heavy atom. The van der Waals surface area contributed by atoms with E-state index < -0.39 is 0 Å². The Balaban J connectivity index is 2.08. The summed E-state index contributed by atoms with van der Waals surface area (Å²) >= 11 is 0. The first-order chi connectivity index (χ1) is 8.61. The zero-order chi connectivity index (χ0) is 13.4. The average molecular weight is 256 g/mol. The fourth-order valence-corrected chi connectivity index (χ4v) is 2.15. The molecular formula is C13H24N2O3. The van der Waals surface area contributed by atoms with Gasteiger partial charge in [0, 0.05) is 12.6 Å². The highest BCUT2D eigenvalue weighted by atomic mass is 16.5. The molecule has 0 radical (unpaired) electrons. The third kappa shape index (κ3) is 5.89. The van der Waals surface area contributed by atoms with E-state index in [9.17, 15) is 9.59 Å². The van der Waals surface area contributed by atoms with Crippen molar-refractivity contribution in [2.45, 2.75) is 52.0 Å². The van der Waals surface area contributed by atoms with Crippen LogP contribution >= 0.6 is 0 Å². The largest absolute Gasteiger partial charge is 0.466 e. The van der Waals surface area contributed by atoms with Crippen LogP contribution in [0.25, 0.3) is 0 Å². The molecule has 2 amide bonds. The second-order valence-corrected chi connectivity index (χ2v) is 4.91. The lowest BCUT2D eigenvalue weighted by Crippen LogP contribution is -2.44. The number of amides is 2. The molecule has 1 saturated carbocycles. The lowest BCUT2D eigenvalue weighted by molar-refractivity contribution is -0.142. The predicted molar refractivity (Wildman–Crippen MR) is 69.2 cm³/mol. The molecular weight excluding hydrogens is 232 g/mol. The smallest absolute Gasteiger partial charge is 0.315 e. The summed E-state index contributed by atoms with van der Waals surface area (Å²) in [5.74, 6) is 0.499. The molecule has 1 rings (SSSR count). The fraction of sp³-hybridized carbons (Fsp3) is 0.846. The maximum atomic E-state index is 11.6. The van der Waals surface area contributed by atoms with E-state index in [0.717, 1.165) is 18.8 Å². The third-order valence-electron chi connectivity index (χ3n) is 3.27. The van der Waals surface area contributed by atoms with Gasteiger partial charge in [0.1, 0.15) is 0 Å². The molecule has 1 fully saturated rings. The van der Waals surface area contributed by atoms with Crippen molar-refractivity contribution < 1.29 is 14.3 Å². The van der Waals surface area contributed by atoms with Crippen LogP contribution < -0.4 is 10.6 Å². The van der Waals surface area contributed by atoms with Crippen molar-refractivity contribution >= 4 is 12.0 Å². The van der Waals surface area contributed by atoms with Crippen LogP contribution in [-0.2, 0) is 9.53 Å². The first kappa shape index (κ1) is 14.8. The summed E-state index contributed by atoms with van der Waals surface area (Å²) in [5, 5.41) is 5.62. The number of rotatable bonds is 5. The molecule has 0 aromatic rings. The van der Waals surface area contributed by atoms with E-state index in [4.69, 9.17) is 4.74 Å². The van der Waals surface area contributed by atoms with Gasteiger partial charge in [0.15, 0.2) is 0 Å². The lowest BCUT2D eigenvalue weighted by Gasteiger charge is -2.26. The summed E-state index contributed by atoms with van der Waals surface area (Å²) < 4.78 is 4.77. The Hall–Kier alpha value is -1.26. The molecule has 1 aliphatic carbocycles. The predicted octanol–water partition coefficient (Wildman–Crippen LogP) is 1.82. The molecule has 0 atom stereocenters. The van der Waals surface area contributed by atoms with Crippen LogP contribution in [0.1, 0.15) is 46.0 Å². The number of nitrogens with one attached hydrogen (secondary N) is 2. The Bertz CT molecular complexity index is 273. The molecule has 0 aliphatic heterocycles. The topological polar surface area (TPSA) is 67.4 Å². The first-order valence-corrected chi connectivity index (χ1v) is 6.81. The van der Waals surface area contributed by atoms with Crippen LogP contribution in [0.5, 0.6) is 0 Å². The van der Waals surface area contributed by atoms with Gasteiger partial charge in [-0.2, -0.15) is 0 Å². The highest BCUT2D eigenvalue weighted by molar-refractivity contribution is 5.75. The van der Waals surface area contributed by atoms with Crippen molar-refractivity contribution in [1.29, 1.82) is 0 Å². The Kier molecular flexibility index (Phi) is 6.54. The molecule has 1 aliphatic rings. The molecule has 0 heterocycles. The molecule has 5 heteroatoms. The molecule has 0 spiro atoms. The van der Waals surface area contributed by atoms with Crippen LogP contribution in [0.4, 0.5) is 4.79 Å². The van der Waals surface area contributed by atoms with Gasteiger partial charge in [0.05, 0.1) is 13.0 Å². The van der Waals surface area contributed by atoms with E-state index in [1.54, 1.807) is 6.92 Å². The number of carbonyl (C=O) groups is 2. The molecule has 0 aromatic heterocycles. The highest BCUT2D eigenvalue weighted by Gasteiger charge is 2.19. The fourth-order valence-electron chi connectivity index (χ4n) is 2.15. The summed E-state index contributed by atoms with van der Waals surface area (Å²) in [6.07, 6.45) is 4.67. The van der Waals surface area contributed by atoms with E-state index in [2.05, 4.69) is 17.6 Å². The number of esters is 1. The average Bonchev–Trinajstić information content (AvgIpc) is 2.32. The van der Waals surface area contributed by atoms with Crippen molar-refractivity contribution in [2.75, 3.05) is 13.2 Å². The van der Waals surface area contributed by atoms with E-state index in [0.29, 0.717) is 13.2 Å². The second-order valence-electron chi connectivity index (χ2n) is 4.91. The standard InChI is InChI=1S/C13H24N2O3/c1-3-18-12(16)8-9-14-13(17)15-11-6-4-10(2)5-7-11/h10-11H,3-9H2,1-2H3,(H2,14,15,17)/t10-,11-. The maximum absolute atomic E-state index is 11.6. The van der Waals surface area contributed by atoms with Crippen LogP contribution in [0.3, 0.4) is 0 Å². The molecule has 5 nitrogen and oxygen atoms in total. The first-order valence-electron chi connectivity index (χ1n) is 6.81. The van der Waals surface area contributed by atoms with Crippen LogP contribution in [-0.4, -0.2) is 31.2 Å². The SMILES string of the molecule is CCOC(=O)CCNC(=O)N[C@H]1CC[C@H](C)CC1. The van der Waals surface area contributed by atoms with Gasteiger partial charge in [0.2, 0.25) is 0 Å². The number of hydrogen-bond acceptors (Lipinski definition) is 3. The quantitative estimate of drug-likeness (QED) is 0.737. The normalized spacial score (nSPS) is 23.2. The van der Waals surface area contributed by atoms with Gasteiger partial charge < -0.3 is 15.4 Å². The van der Waals surface area contributed by atoms with Crippen molar-refractivity contribution in [3.8, 4) is 0 Å². The molecule has 2 N–H and O–H groups in total. The minimum Gasteiger partial charge on any atom is -0.466 e. The molecule has 0 saturated heterocycles. The van der Waals surface area contributed by atoms with Crippen molar-refractivity contribution in [1.82, 2.24) is 10.6 Å². The van der Waals surface area contributed by atoms with Crippen molar-refractivity contribution in [2.24, 2.45) is 5.92 Å². The third-order valence-corrected chi connectivity index (χ3v) is 3.27. The van der Waals surface area contributed by atoms with Gasteiger partial charge in [-0.3, -0.25) is 4.79 Å². The number of urea groups is 1. The summed E-state index contributed by atoms with van der Waals surface area (Å²) in [4.78, 5) is 22.6. The van der Waals surface area contributed by atoms with Gasteiger partial charge in [-0.05, 0) is 38.5 Å². The lowest BCUT2D eigenvalue weighted by atomic mass is 9.87. The molecule has 0 aromatic carbocycles. The molecule has 18 heavy (non-hydrogen) atoms. The van der Waals surface area contributed by atoms with E-state index >= 15 is 0 Å². The van der Waals surface area contributed by atoms with Gasteiger partial charge in [-0.25, -0.2) is 4.79 Å². The zero-order valence-electron chi connectivity index (χ0n) is 11.3. The highest BCUT2D eigenvalue weighted by Crippen LogP contribution is 2.23. The van der Waals surface area contributed by atoms with E-state index in [1.165, 1.54) is 12.8 Å². The second kappa shape index (κ2) is 7.95. The van der Waals surface area contributed by atoms with Gasteiger partial charge in [-0.1, -0.05) is 6.92 Å². The van der Waals surface area contributed by atoms with Crippen LogP contribution in [0.15, 0.2) is 0 Å².